The number of carbonyl (C=O) groups is 1. The van der Waals surface area contributed by atoms with Crippen molar-refractivity contribution < 1.29 is 9.90 Å². The Hall–Kier alpha value is -2.37. The second-order valence-corrected chi connectivity index (χ2v) is 10.5. The lowest BCUT2D eigenvalue weighted by molar-refractivity contribution is 0.262. The van der Waals surface area contributed by atoms with E-state index in [0.717, 1.165) is 43.7 Å². The van der Waals surface area contributed by atoms with Crippen LogP contribution < -0.4 is 16.0 Å². The minimum absolute atomic E-state index is 0.00311. The predicted molar refractivity (Wildman–Crippen MR) is 136 cm³/mol. The molecule has 0 aromatic heterocycles. The van der Waals surface area contributed by atoms with Crippen LogP contribution in [0.2, 0.25) is 0 Å². The van der Waals surface area contributed by atoms with Crippen LogP contribution in [0.4, 0.5) is 16.2 Å². The Labute approximate surface area is 194 Å². The summed E-state index contributed by atoms with van der Waals surface area (Å²) < 4.78 is 0. The molecule has 0 saturated carbocycles. The molecule has 0 atom stereocenters. The van der Waals surface area contributed by atoms with E-state index in [1.165, 1.54) is 16.7 Å². The molecule has 0 heterocycles. The van der Waals surface area contributed by atoms with Gasteiger partial charge in [0.2, 0.25) is 0 Å². The van der Waals surface area contributed by atoms with Crippen molar-refractivity contribution in [3.63, 3.8) is 0 Å². The number of anilines is 2. The van der Waals surface area contributed by atoms with Gasteiger partial charge in [-0.1, -0.05) is 59.7 Å². The minimum atomic E-state index is -0.245. The van der Waals surface area contributed by atoms with E-state index in [9.17, 15) is 4.79 Å². The monoisotopic (exact) mass is 439 g/mol. The normalized spacial score (nSPS) is 12.0. The van der Waals surface area contributed by atoms with E-state index in [1.54, 1.807) is 0 Å². The van der Waals surface area contributed by atoms with Crippen molar-refractivity contribution in [3.8, 4) is 0 Å². The molecule has 0 unspecified atom stereocenters. The number of benzene rings is 2. The molecule has 2 amide bonds. The quantitative estimate of drug-likeness (QED) is 0.353. The van der Waals surface area contributed by atoms with Gasteiger partial charge in [0.15, 0.2) is 0 Å². The van der Waals surface area contributed by atoms with Crippen LogP contribution in [0.3, 0.4) is 0 Å². The van der Waals surface area contributed by atoms with Crippen LogP contribution in [0, 0.1) is 0 Å². The van der Waals surface area contributed by atoms with Gasteiger partial charge in [0.1, 0.15) is 0 Å². The van der Waals surface area contributed by atoms with E-state index in [-0.39, 0.29) is 23.5 Å². The van der Waals surface area contributed by atoms with Crippen molar-refractivity contribution in [1.82, 2.24) is 5.32 Å². The van der Waals surface area contributed by atoms with Gasteiger partial charge in [-0.3, -0.25) is 0 Å². The van der Waals surface area contributed by atoms with Crippen molar-refractivity contribution in [2.24, 2.45) is 0 Å². The highest BCUT2D eigenvalue weighted by Gasteiger charge is 2.21. The van der Waals surface area contributed by atoms with Gasteiger partial charge in [-0.25, -0.2) is 4.79 Å². The highest BCUT2D eigenvalue weighted by Crippen LogP contribution is 2.32. The lowest BCUT2D eigenvalue weighted by Crippen LogP contribution is -2.22. The third-order valence-electron chi connectivity index (χ3n) is 5.48. The zero-order chi connectivity index (χ0) is 23.8. The summed E-state index contributed by atoms with van der Waals surface area (Å²) in [6.07, 6.45) is 2.97. The molecular formula is C27H41N3O2. The average molecular weight is 440 g/mol. The first-order valence-corrected chi connectivity index (χ1v) is 11.6. The third kappa shape index (κ3) is 8.64. The predicted octanol–water partition coefficient (Wildman–Crippen LogP) is 6.18. The van der Waals surface area contributed by atoms with Crippen LogP contribution in [0.25, 0.3) is 0 Å². The Kier molecular flexibility index (Phi) is 9.29. The van der Waals surface area contributed by atoms with Gasteiger partial charge >= 0.3 is 6.03 Å². The van der Waals surface area contributed by atoms with Crippen molar-refractivity contribution in [2.45, 2.75) is 78.2 Å². The number of hydrogen-bond donors (Lipinski definition) is 4. The lowest BCUT2D eigenvalue weighted by atomic mass is 9.80. The second kappa shape index (κ2) is 11.5. The van der Waals surface area contributed by atoms with Gasteiger partial charge in [-0.2, -0.15) is 0 Å². The Bertz CT molecular complexity index is 830. The van der Waals surface area contributed by atoms with Gasteiger partial charge in [-0.05, 0) is 77.6 Å². The summed E-state index contributed by atoms with van der Waals surface area (Å²) in [4.78, 5) is 12.6. The molecule has 0 aliphatic rings. The van der Waals surface area contributed by atoms with E-state index in [2.05, 4.69) is 75.7 Å². The summed E-state index contributed by atoms with van der Waals surface area (Å²) in [6, 6.07) is 14.0. The molecule has 2 rings (SSSR count). The maximum Gasteiger partial charge on any atom is 0.323 e. The molecule has 2 aromatic rings. The van der Waals surface area contributed by atoms with Gasteiger partial charge in [0.05, 0.1) is 0 Å². The molecule has 5 heteroatoms. The average Bonchev–Trinajstić information content (AvgIpc) is 2.70. The molecule has 0 aliphatic heterocycles. The Morgan fingerprint density at radius 2 is 1.34 bits per heavy atom. The first-order valence-electron chi connectivity index (χ1n) is 11.6. The van der Waals surface area contributed by atoms with Gasteiger partial charge in [-0.15, -0.1) is 0 Å². The largest absolute Gasteiger partial charge is 0.396 e. The minimum Gasteiger partial charge on any atom is -0.396 e. The Morgan fingerprint density at radius 1 is 0.781 bits per heavy atom. The fraction of sp³-hybridized carbons (Fsp3) is 0.519. The van der Waals surface area contributed by atoms with Crippen molar-refractivity contribution in [3.05, 3.63) is 59.2 Å². The summed E-state index contributed by atoms with van der Waals surface area (Å²) in [5.74, 6) is 0. The summed E-state index contributed by atoms with van der Waals surface area (Å²) in [5, 5.41) is 18.2. The molecule has 0 bridgehead atoms. The summed E-state index contributed by atoms with van der Waals surface area (Å²) in [5.41, 5.74) is 5.14. The number of aliphatic hydroxyl groups excluding tert-OH is 1. The second-order valence-electron chi connectivity index (χ2n) is 10.5. The Morgan fingerprint density at radius 3 is 1.88 bits per heavy atom. The van der Waals surface area contributed by atoms with E-state index >= 15 is 0 Å². The molecule has 0 aliphatic carbocycles. The summed E-state index contributed by atoms with van der Waals surface area (Å²) >= 11 is 0. The van der Waals surface area contributed by atoms with Gasteiger partial charge < -0.3 is 21.1 Å². The summed E-state index contributed by atoms with van der Waals surface area (Å²) in [7, 11) is 0. The number of aliphatic hydroxyl groups is 1. The number of carbonyl (C=O) groups excluding carboxylic acids is 1. The van der Waals surface area contributed by atoms with Gasteiger partial charge in [0, 0.05) is 24.5 Å². The van der Waals surface area contributed by atoms with E-state index < -0.39 is 0 Å². The molecule has 0 saturated heterocycles. The molecule has 4 N–H and O–H groups in total. The molecule has 0 radical (unpaired) electrons. The molecule has 176 valence electrons. The van der Waals surface area contributed by atoms with Crippen LogP contribution in [0.15, 0.2) is 42.5 Å². The molecule has 32 heavy (non-hydrogen) atoms. The SMILES string of the molecule is CC(C)(C)c1cc(NC(=O)Nc2ccc(CNCCCCCO)cc2)cc(C(C)(C)C)c1. The lowest BCUT2D eigenvalue weighted by Gasteiger charge is -2.26. The van der Waals surface area contributed by atoms with E-state index in [0.29, 0.717) is 0 Å². The maximum atomic E-state index is 12.6. The number of amides is 2. The fourth-order valence-electron chi connectivity index (χ4n) is 3.34. The van der Waals surface area contributed by atoms with Gasteiger partial charge in [0.25, 0.3) is 0 Å². The van der Waals surface area contributed by atoms with Crippen LogP contribution in [-0.2, 0) is 17.4 Å². The standard InChI is InChI=1S/C27H41N3O2/c1-26(2,3)21-16-22(27(4,5)6)18-24(17-21)30-25(32)29-23-12-10-20(11-13-23)19-28-14-8-7-9-15-31/h10-13,16-18,28,31H,7-9,14-15,19H2,1-6H3,(H2,29,30,32). The molecule has 0 spiro atoms. The smallest absolute Gasteiger partial charge is 0.323 e. The number of hydrogen-bond acceptors (Lipinski definition) is 3. The third-order valence-corrected chi connectivity index (χ3v) is 5.48. The number of rotatable bonds is 9. The van der Waals surface area contributed by atoms with E-state index in [1.807, 2.05) is 24.3 Å². The van der Waals surface area contributed by atoms with Crippen LogP contribution in [0.5, 0.6) is 0 Å². The van der Waals surface area contributed by atoms with Crippen molar-refractivity contribution in [1.29, 1.82) is 0 Å². The van der Waals surface area contributed by atoms with Crippen LogP contribution >= 0.6 is 0 Å². The van der Waals surface area contributed by atoms with Crippen LogP contribution in [-0.4, -0.2) is 24.3 Å². The van der Waals surface area contributed by atoms with Crippen molar-refractivity contribution >= 4 is 17.4 Å². The first-order chi connectivity index (χ1) is 15.0. The van der Waals surface area contributed by atoms with Crippen molar-refractivity contribution in [2.75, 3.05) is 23.8 Å². The topological polar surface area (TPSA) is 73.4 Å². The highest BCUT2D eigenvalue weighted by molar-refractivity contribution is 5.99. The maximum absolute atomic E-state index is 12.6. The fourth-order valence-corrected chi connectivity index (χ4v) is 3.34. The zero-order valence-electron chi connectivity index (χ0n) is 20.6. The molecule has 2 aromatic carbocycles. The van der Waals surface area contributed by atoms with Crippen LogP contribution in [0.1, 0.15) is 77.5 Å². The van der Waals surface area contributed by atoms with E-state index in [4.69, 9.17) is 5.11 Å². The molecule has 0 fully saturated rings. The highest BCUT2D eigenvalue weighted by atomic mass is 16.2. The first kappa shape index (κ1) is 25.9. The molecule has 5 nitrogen and oxygen atoms in total. The zero-order valence-corrected chi connectivity index (χ0v) is 20.6. The number of urea groups is 1. The summed E-state index contributed by atoms with van der Waals surface area (Å²) in [6.45, 7) is 15.1. The molecular weight excluding hydrogens is 398 g/mol. The number of nitrogens with one attached hydrogen (secondary N) is 3. The number of unbranched alkanes of at least 4 members (excludes halogenated alkanes) is 2. The Balaban J connectivity index is 1.96.